The summed E-state index contributed by atoms with van der Waals surface area (Å²) < 4.78 is 7.35. The van der Waals surface area contributed by atoms with Crippen LogP contribution in [0, 0.1) is 10.1 Å². The van der Waals surface area contributed by atoms with Crippen molar-refractivity contribution in [1.29, 1.82) is 0 Å². The van der Waals surface area contributed by atoms with Gasteiger partial charge in [-0.3, -0.25) is 10.1 Å². The molecule has 0 amide bonds. The van der Waals surface area contributed by atoms with Gasteiger partial charge in [-0.25, -0.2) is 4.98 Å². The summed E-state index contributed by atoms with van der Waals surface area (Å²) in [6.45, 7) is 0. The molecule has 0 bridgehead atoms. The summed E-state index contributed by atoms with van der Waals surface area (Å²) >= 11 is 3.17. The average molecular weight is 332 g/mol. The van der Waals surface area contributed by atoms with Crippen molar-refractivity contribution < 1.29 is 9.66 Å². The molecule has 3 aromatic rings. The van der Waals surface area contributed by atoms with Crippen LogP contribution in [0.2, 0.25) is 0 Å². The smallest absolute Gasteiger partial charge is 0.270 e. The standard InChI is InChI=1S/C15H12N2O3S2/c1-20-13-7-6-11(17(18)19)8-10(13)9-21-15-16-12-4-2-3-5-14(12)22-15/h2-8H,9H2,1H3. The van der Waals surface area contributed by atoms with E-state index < -0.39 is 4.92 Å². The molecule has 2 aromatic carbocycles. The molecule has 0 radical (unpaired) electrons. The number of hydrogen-bond donors (Lipinski definition) is 0. The van der Waals surface area contributed by atoms with Crippen molar-refractivity contribution in [1.82, 2.24) is 4.98 Å². The quantitative estimate of drug-likeness (QED) is 0.391. The van der Waals surface area contributed by atoms with Gasteiger partial charge in [-0.15, -0.1) is 11.3 Å². The Bertz CT molecular complexity index is 800. The summed E-state index contributed by atoms with van der Waals surface area (Å²) in [5, 5.41) is 10.9. The first kappa shape index (κ1) is 14.8. The molecule has 7 heteroatoms. The zero-order chi connectivity index (χ0) is 15.5. The van der Waals surface area contributed by atoms with E-state index in [1.807, 2.05) is 24.3 Å². The molecule has 0 aliphatic carbocycles. The Balaban J connectivity index is 1.83. The van der Waals surface area contributed by atoms with Gasteiger partial charge in [-0.05, 0) is 18.2 Å². The maximum absolute atomic E-state index is 10.9. The Morgan fingerprint density at radius 2 is 2.14 bits per heavy atom. The van der Waals surface area contributed by atoms with Gasteiger partial charge in [0.15, 0.2) is 4.34 Å². The van der Waals surface area contributed by atoms with Gasteiger partial charge >= 0.3 is 0 Å². The zero-order valence-corrected chi connectivity index (χ0v) is 13.3. The minimum atomic E-state index is -0.398. The molecule has 112 valence electrons. The predicted octanol–water partition coefficient (Wildman–Crippen LogP) is 4.51. The van der Waals surface area contributed by atoms with Crippen LogP contribution in [0.1, 0.15) is 5.56 Å². The van der Waals surface area contributed by atoms with Crippen LogP contribution in [-0.4, -0.2) is 17.0 Å². The Labute approximate surface area is 135 Å². The normalized spacial score (nSPS) is 10.8. The van der Waals surface area contributed by atoms with Gasteiger partial charge < -0.3 is 4.74 Å². The number of nitro benzene ring substituents is 1. The maximum Gasteiger partial charge on any atom is 0.270 e. The van der Waals surface area contributed by atoms with Crippen molar-refractivity contribution in [3.05, 3.63) is 58.1 Å². The number of benzene rings is 2. The zero-order valence-electron chi connectivity index (χ0n) is 11.7. The summed E-state index contributed by atoms with van der Waals surface area (Å²) in [6.07, 6.45) is 0. The topological polar surface area (TPSA) is 65.3 Å². The van der Waals surface area contributed by atoms with E-state index in [0.29, 0.717) is 11.5 Å². The lowest BCUT2D eigenvalue weighted by Crippen LogP contribution is -1.94. The number of para-hydroxylation sites is 1. The summed E-state index contributed by atoms with van der Waals surface area (Å²) in [5.74, 6) is 1.23. The molecular formula is C15H12N2O3S2. The molecule has 0 N–H and O–H groups in total. The number of fused-ring (bicyclic) bond motifs is 1. The minimum Gasteiger partial charge on any atom is -0.496 e. The minimum absolute atomic E-state index is 0.0701. The SMILES string of the molecule is COc1ccc([N+](=O)[O-])cc1CSc1nc2ccccc2s1. The number of nitrogens with zero attached hydrogens (tertiary/aromatic N) is 2. The number of hydrogen-bond acceptors (Lipinski definition) is 6. The van der Waals surface area contributed by atoms with Gasteiger partial charge in [-0.2, -0.15) is 0 Å². The number of methoxy groups -OCH3 is 1. The van der Waals surface area contributed by atoms with Crippen LogP contribution in [0.25, 0.3) is 10.2 Å². The van der Waals surface area contributed by atoms with E-state index >= 15 is 0 Å². The van der Waals surface area contributed by atoms with Crippen LogP contribution in [-0.2, 0) is 5.75 Å². The first-order chi connectivity index (χ1) is 10.7. The van der Waals surface area contributed by atoms with Crippen molar-refractivity contribution in [2.75, 3.05) is 7.11 Å². The fraction of sp³-hybridized carbons (Fsp3) is 0.133. The number of rotatable bonds is 5. The third-order valence-electron chi connectivity index (χ3n) is 3.10. The molecule has 3 rings (SSSR count). The molecule has 22 heavy (non-hydrogen) atoms. The molecule has 1 aromatic heterocycles. The lowest BCUT2D eigenvalue weighted by molar-refractivity contribution is -0.384. The molecule has 0 aliphatic rings. The first-order valence-electron chi connectivity index (χ1n) is 6.47. The van der Waals surface area contributed by atoms with Crippen molar-refractivity contribution in [3.8, 4) is 5.75 Å². The van der Waals surface area contributed by atoms with Crippen molar-refractivity contribution >= 4 is 39.0 Å². The Morgan fingerprint density at radius 3 is 2.86 bits per heavy atom. The number of thiazole rings is 1. The highest BCUT2D eigenvalue weighted by Gasteiger charge is 2.12. The molecule has 0 spiro atoms. The molecule has 1 heterocycles. The summed E-state index contributed by atoms with van der Waals surface area (Å²) in [6, 6.07) is 12.6. The molecule has 0 saturated heterocycles. The number of non-ortho nitro benzene ring substituents is 1. The lowest BCUT2D eigenvalue weighted by atomic mass is 10.2. The Hall–Kier alpha value is -2.12. The van der Waals surface area contributed by atoms with Gasteiger partial charge in [0.1, 0.15) is 5.75 Å². The summed E-state index contributed by atoms with van der Waals surface area (Å²) in [5.41, 5.74) is 1.84. The number of aromatic nitrogens is 1. The molecule has 0 saturated carbocycles. The predicted molar refractivity (Wildman–Crippen MR) is 88.8 cm³/mol. The highest BCUT2D eigenvalue weighted by atomic mass is 32.2. The van der Waals surface area contributed by atoms with Gasteiger partial charge in [0.25, 0.3) is 5.69 Å². The van der Waals surface area contributed by atoms with Gasteiger partial charge in [-0.1, -0.05) is 23.9 Å². The number of thioether (sulfide) groups is 1. The van der Waals surface area contributed by atoms with E-state index in [1.54, 1.807) is 42.3 Å². The largest absolute Gasteiger partial charge is 0.496 e. The Kier molecular flexibility index (Phi) is 4.26. The van der Waals surface area contributed by atoms with Crippen molar-refractivity contribution in [2.24, 2.45) is 0 Å². The molecule has 5 nitrogen and oxygen atoms in total. The number of ether oxygens (including phenoxy) is 1. The van der Waals surface area contributed by atoms with E-state index in [1.165, 1.54) is 6.07 Å². The maximum atomic E-state index is 10.9. The second kappa shape index (κ2) is 6.33. The van der Waals surface area contributed by atoms with Crippen LogP contribution in [0.5, 0.6) is 5.75 Å². The number of nitro groups is 1. The van der Waals surface area contributed by atoms with Crippen molar-refractivity contribution in [3.63, 3.8) is 0 Å². The first-order valence-corrected chi connectivity index (χ1v) is 8.27. The molecule has 0 aliphatic heterocycles. The summed E-state index contributed by atoms with van der Waals surface area (Å²) in [7, 11) is 1.56. The summed E-state index contributed by atoms with van der Waals surface area (Å²) in [4.78, 5) is 15.0. The van der Waals surface area contributed by atoms with Crippen LogP contribution in [0.3, 0.4) is 0 Å². The Morgan fingerprint density at radius 1 is 1.32 bits per heavy atom. The van der Waals surface area contributed by atoms with E-state index in [-0.39, 0.29) is 5.69 Å². The molecule has 0 fully saturated rings. The highest BCUT2D eigenvalue weighted by Crippen LogP contribution is 2.34. The van der Waals surface area contributed by atoms with Gasteiger partial charge in [0.05, 0.1) is 22.2 Å². The van der Waals surface area contributed by atoms with E-state index in [4.69, 9.17) is 4.74 Å². The van der Waals surface area contributed by atoms with E-state index in [9.17, 15) is 10.1 Å². The average Bonchev–Trinajstić information content (AvgIpc) is 2.95. The van der Waals surface area contributed by atoms with Gasteiger partial charge in [0.2, 0.25) is 0 Å². The van der Waals surface area contributed by atoms with Gasteiger partial charge in [0, 0.05) is 23.4 Å². The van der Waals surface area contributed by atoms with Crippen LogP contribution >= 0.6 is 23.1 Å². The third kappa shape index (κ3) is 3.05. The highest BCUT2D eigenvalue weighted by molar-refractivity contribution is 8.00. The molecule has 0 atom stereocenters. The van der Waals surface area contributed by atoms with Crippen molar-refractivity contribution in [2.45, 2.75) is 10.1 Å². The van der Waals surface area contributed by atoms with Crippen LogP contribution in [0.4, 0.5) is 5.69 Å². The van der Waals surface area contributed by atoms with Crippen LogP contribution in [0.15, 0.2) is 46.8 Å². The monoisotopic (exact) mass is 332 g/mol. The van der Waals surface area contributed by atoms with Crippen LogP contribution < -0.4 is 4.74 Å². The fourth-order valence-corrected chi connectivity index (χ4v) is 4.09. The van der Waals surface area contributed by atoms with E-state index in [2.05, 4.69) is 4.98 Å². The second-order valence-corrected chi connectivity index (χ2v) is 6.74. The fourth-order valence-electron chi connectivity index (χ4n) is 2.04. The third-order valence-corrected chi connectivity index (χ3v) is 5.33. The lowest BCUT2D eigenvalue weighted by Gasteiger charge is -2.06. The van der Waals surface area contributed by atoms with E-state index in [0.717, 1.165) is 20.1 Å². The molecular weight excluding hydrogens is 320 g/mol. The second-order valence-electron chi connectivity index (χ2n) is 4.49. The molecule has 0 unspecified atom stereocenters.